The molecule has 0 aliphatic carbocycles. The number of hydrogen-bond acceptors (Lipinski definition) is 3. The molecule has 2 aromatic carbocycles. The van der Waals surface area contributed by atoms with E-state index in [2.05, 4.69) is 11.4 Å². The molecule has 0 aliphatic heterocycles. The molecule has 0 atom stereocenters. The molecule has 20 heavy (non-hydrogen) atoms. The Kier molecular flexibility index (Phi) is 4.02. The molecule has 0 spiro atoms. The quantitative estimate of drug-likeness (QED) is 0.891. The standard InChI is InChI=1S/C16H14N2O2/c1-11-2-7-15(14(8-11)16(19)20)18-10-13-5-3-12(9-17)4-6-13/h2-8,18H,10H2,1H3,(H,19,20). The lowest BCUT2D eigenvalue weighted by atomic mass is 10.1. The highest BCUT2D eigenvalue weighted by atomic mass is 16.4. The second-order valence-corrected chi connectivity index (χ2v) is 4.52. The predicted molar refractivity (Wildman–Crippen MR) is 76.6 cm³/mol. The third kappa shape index (κ3) is 3.15. The summed E-state index contributed by atoms with van der Waals surface area (Å²) in [4.78, 5) is 11.2. The zero-order chi connectivity index (χ0) is 14.5. The van der Waals surface area contributed by atoms with Crippen molar-refractivity contribution in [1.82, 2.24) is 0 Å². The number of anilines is 1. The largest absolute Gasteiger partial charge is 0.478 e. The first-order valence-corrected chi connectivity index (χ1v) is 6.17. The van der Waals surface area contributed by atoms with Crippen LogP contribution in [0.4, 0.5) is 5.69 Å². The molecule has 0 radical (unpaired) electrons. The molecule has 0 unspecified atom stereocenters. The summed E-state index contributed by atoms with van der Waals surface area (Å²) < 4.78 is 0. The van der Waals surface area contributed by atoms with Crippen molar-refractivity contribution < 1.29 is 9.90 Å². The lowest BCUT2D eigenvalue weighted by Gasteiger charge is -2.10. The first-order chi connectivity index (χ1) is 9.60. The van der Waals surface area contributed by atoms with Crippen molar-refractivity contribution in [3.8, 4) is 6.07 Å². The zero-order valence-corrected chi connectivity index (χ0v) is 11.1. The highest BCUT2D eigenvalue weighted by Gasteiger charge is 2.09. The van der Waals surface area contributed by atoms with E-state index in [1.807, 2.05) is 25.1 Å². The van der Waals surface area contributed by atoms with E-state index in [4.69, 9.17) is 5.26 Å². The predicted octanol–water partition coefficient (Wildman–Crippen LogP) is 3.18. The molecule has 0 fully saturated rings. The smallest absolute Gasteiger partial charge is 0.337 e. The van der Waals surface area contributed by atoms with Gasteiger partial charge in [0.05, 0.1) is 17.2 Å². The Bertz CT molecular complexity index is 670. The highest BCUT2D eigenvalue weighted by molar-refractivity contribution is 5.94. The Hall–Kier alpha value is -2.80. The number of aryl methyl sites for hydroxylation is 1. The zero-order valence-electron chi connectivity index (χ0n) is 11.1. The maximum absolute atomic E-state index is 11.2. The fourth-order valence-electron chi connectivity index (χ4n) is 1.88. The van der Waals surface area contributed by atoms with E-state index in [0.29, 0.717) is 17.8 Å². The van der Waals surface area contributed by atoms with Crippen molar-refractivity contribution in [1.29, 1.82) is 5.26 Å². The molecule has 100 valence electrons. The Morgan fingerprint density at radius 1 is 1.25 bits per heavy atom. The number of hydrogen-bond donors (Lipinski definition) is 2. The molecule has 0 saturated carbocycles. The Morgan fingerprint density at radius 2 is 1.95 bits per heavy atom. The Labute approximate surface area is 117 Å². The minimum atomic E-state index is -0.948. The summed E-state index contributed by atoms with van der Waals surface area (Å²) in [5.41, 5.74) is 3.36. The molecular weight excluding hydrogens is 252 g/mol. The second kappa shape index (κ2) is 5.89. The highest BCUT2D eigenvalue weighted by Crippen LogP contribution is 2.18. The van der Waals surface area contributed by atoms with Crippen molar-refractivity contribution in [3.63, 3.8) is 0 Å². The third-order valence-electron chi connectivity index (χ3n) is 2.97. The summed E-state index contributed by atoms with van der Waals surface area (Å²) in [6.07, 6.45) is 0. The summed E-state index contributed by atoms with van der Waals surface area (Å²) in [5.74, 6) is -0.948. The molecule has 0 amide bonds. The van der Waals surface area contributed by atoms with Crippen LogP contribution in [-0.2, 0) is 6.54 Å². The number of nitrogens with zero attached hydrogens (tertiary/aromatic N) is 1. The van der Waals surface area contributed by atoms with Crippen molar-refractivity contribution in [2.45, 2.75) is 13.5 Å². The fourth-order valence-corrected chi connectivity index (χ4v) is 1.88. The molecule has 4 nitrogen and oxygen atoms in total. The third-order valence-corrected chi connectivity index (χ3v) is 2.97. The molecule has 0 saturated heterocycles. The van der Waals surface area contributed by atoms with Gasteiger partial charge in [0.25, 0.3) is 0 Å². The van der Waals surface area contributed by atoms with Crippen LogP contribution in [0.3, 0.4) is 0 Å². The fraction of sp³-hybridized carbons (Fsp3) is 0.125. The van der Waals surface area contributed by atoms with Gasteiger partial charge in [0, 0.05) is 12.2 Å². The van der Waals surface area contributed by atoms with Gasteiger partial charge in [0.2, 0.25) is 0 Å². The maximum atomic E-state index is 11.2. The average molecular weight is 266 g/mol. The SMILES string of the molecule is Cc1ccc(NCc2ccc(C#N)cc2)c(C(=O)O)c1. The van der Waals surface area contributed by atoms with Gasteiger partial charge in [-0.1, -0.05) is 23.8 Å². The van der Waals surface area contributed by atoms with E-state index in [0.717, 1.165) is 11.1 Å². The topological polar surface area (TPSA) is 73.1 Å². The molecule has 0 bridgehead atoms. The van der Waals surface area contributed by atoms with Gasteiger partial charge in [-0.15, -0.1) is 0 Å². The first-order valence-electron chi connectivity index (χ1n) is 6.17. The van der Waals surface area contributed by atoms with Crippen molar-refractivity contribution in [2.24, 2.45) is 0 Å². The molecule has 0 heterocycles. The van der Waals surface area contributed by atoms with Gasteiger partial charge >= 0.3 is 5.97 Å². The molecular formula is C16H14N2O2. The number of benzene rings is 2. The number of carbonyl (C=O) groups is 1. The number of nitrogens with one attached hydrogen (secondary N) is 1. The summed E-state index contributed by atoms with van der Waals surface area (Å²) in [6, 6.07) is 14.5. The molecule has 0 aromatic heterocycles. The number of aromatic carboxylic acids is 1. The molecule has 4 heteroatoms. The van der Waals surface area contributed by atoms with Gasteiger partial charge in [-0.25, -0.2) is 4.79 Å². The molecule has 2 aromatic rings. The monoisotopic (exact) mass is 266 g/mol. The van der Waals surface area contributed by atoms with E-state index < -0.39 is 5.97 Å². The van der Waals surface area contributed by atoms with Crippen molar-refractivity contribution in [2.75, 3.05) is 5.32 Å². The summed E-state index contributed by atoms with van der Waals surface area (Å²) >= 11 is 0. The Morgan fingerprint density at radius 3 is 2.55 bits per heavy atom. The van der Waals surface area contributed by atoms with Crippen LogP contribution in [-0.4, -0.2) is 11.1 Å². The van der Waals surface area contributed by atoms with Crippen LogP contribution in [0.1, 0.15) is 27.0 Å². The molecule has 0 aliphatic rings. The lowest BCUT2D eigenvalue weighted by molar-refractivity contribution is 0.0698. The summed E-state index contributed by atoms with van der Waals surface area (Å²) in [5, 5.41) is 21.0. The van der Waals surface area contributed by atoms with E-state index >= 15 is 0 Å². The van der Waals surface area contributed by atoms with Crippen LogP contribution < -0.4 is 5.32 Å². The van der Waals surface area contributed by atoms with Gasteiger partial charge in [-0.3, -0.25) is 0 Å². The van der Waals surface area contributed by atoms with Gasteiger partial charge in [-0.2, -0.15) is 5.26 Å². The van der Waals surface area contributed by atoms with Crippen LogP contribution in [0.2, 0.25) is 0 Å². The molecule has 2 N–H and O–H groups in total. The number of carboxylic acids is 1. The van der Waals surface area contributed by atoms with E-state index in [1.165, 1.54) is 0 Å². The Balaban J connectivity index is 2.14. The van der Waals surface area contributed by atoms with Gasteiger partial charge < -0.3 is 10.4 Å². The lowest BCUT2D eigenvalue weighted by Crippen LogP contribution is -2.06. The normalized spacial score (nSPS) is 9.80. The number of nitriles is 1. The first kappa shape index (κ1) is 13.6. The van der Waals surface area contributed by atoms with E-state index in [1.54, 1.807) is 24.3 Å². The van der Waals surface area contributed by atoms with Crippen molar-refractivity contribution >= 4 is 11.7 Å². The van der Waals surface area contributed by atoms with Gasteiger partial charge in [-0.05, 0) is 36.8 Å². The van der Waals surface area contributed by atoms with Gasteiger partial charge in [0.1, 0.15) is 0 Å². The average Bonchev–Trinajstić information content (AvgIpc) is 2.46. The minimum absolute atomic E-state index is 0.263. The van der Waals surface area contributed by atoms with Crippen LogP contribution in [0, 0.1) is 18.3 Å². The summed E-state index contributed by atoms with van der Waals surface area (Å²) in [7, 11) is 0. The van der Waals surface area contributed by atoms with Crippen molar-refractivity contribution in [3.05, 3.63) is 64.7 Å². The minimum Gasteiger partial charge on any atom is -0.478 e. The van der Waals surface area contributed by atoms with Gasteiger partial charge in [0.15, 0.2) is 0 Å². The molecule has 2 rings (SSSR count). The van der Waals surface area contributed by atoms with Crippen LogP contribution in [0.25, 0.3) is 0 Å². The number of rotatable bonds is 4. The van der Waals surface area contributed by atoms with E-state index in [-0.39, 0.29) is 5.56 Å². The van der Waals surface area contributed by atoms with Crippen LogP contribution in [0.5, 0.6) is 0 Å². The number of carboxylic acid groups (broad SMARTS) is 1. The second-order valence-electron chi connectivity index (χ2n) is 4.52. The van der Waals surface area contributed by atoms with Crippen LogP contribution >= 0.6 is 0 Å². The van der Waals surface area contributed by atoms with E-state index in [9.17, 15) is 9.90 Å². The maximum Gasteiger partial charge on any atom is 0.337 e. The van der Waals surface area contributed by atoms with Crippen LogP contribution in [0.15, 0.2) is 42.5 Å². The summed E-state index contributed by atoms with van der Waals surface area (Å²) in [6.45, 7) is 2.37.